The minimum atomic E-state index is -5.08. The Morgan fingerprint density at radius 1 is 1.02 bits per heavy atom. The number of nitrogens with zero attached hydrogens (tertiary/aromatic N) is 4. The second-order valence-electron chi connectivity index (χ2n) is 9.72. The summed E-state index contributed by atoms with van der Waals surface area (Å²) < 4.78 is 55.2. The van der Waals surface area contributed by atoms with Crippen molar-refractivity contribution in [2.24, 2.45) is 7.05 Å². The zero-order chi connectivity index (χ0) is 32.2. The van der Waals surface area contributed by atoms with Crippen LogP contribution < -0.4 is 16.2 Å². The number of carboxylic acids is 1. The van der Waals surface area contributed by atoms with Gasteiger partial charge in [-0.3, -0.25) is 4.68 Å². The molecular formula is C31H30F4N6O3. The molecule has 5 N–H and O–H groups in total. The van der Waals surface area contributed by atoms with Crippen LogP contribution in [0, 0.1) is 5.82 Å². The predicted molar refractivity (Wildman–Crippen MR) is 159 cm³/mol. The molecule has 0 aliphatic carbocycles. The van der Waals surface area contributed by atoms with Gasteiger partial charge in [-0.05, 0) is 54.6 Å². The van der Waals surface area contributed by atoms with Gasteiger partial charge in [-0.25, -0.2) is 19.2 Å². The molecule has 0 spiro atoms. The lowest BCUT2D eigenvalue weighted by atomic mass is 9.90. The van der Waals surface area contributed by atoms with E-state index in [1.807, 2.05) is 68.4 Å². The summed E-state index contributed by atoms with van der Waals surface area (Å²) in [7, 11) is 1.80. The lowest BCUT2D eigenvalue weighted by Gasteiger charge is -2.21. The quantitative estimate of drug-likeness (QED) is 0.148. The van der Waals surface area contributed by atoms with Crippen LogP contribution >= 0.6 is 0 Å². The monoisotopic (exact) mass is 610 g/mol. The van der Waals surface area contributed by atoms with E-state index in [-0.39, 0.29) is 5.75 Å². The van der Waals surface area contributed by atoms with E-state index >= 15 is 4.39 Å². The van der Waals surface area contributed by atoms with Crippen molar-refractivity contribution >= 4 is 28.2 Å². The molecule has 2 heterocycles. The van der Waals surface area contributed by atoms with Crippen LogP contribution in [0.25, 0.3) is 22.2 Å². The summed E-state index contributed by atoms with van der Waals surface area (Å²) in [4.78, 5) is 18.5. The zero-order valence-electron chi connectivity index (χ0n) is 24.1. The highest BCUT2D eigenvalue weighted by Gasteiger charge is 2.38. The van der Waals surface area contributed by atoms with Crippen LogP contribution in [0.5, 0.6) is 5.75 Å². The summed E-state index contributed by atoms with van der Waals surface area (Å²) in [6.45, 7) is 4.20. The third-order valence-corrected chi connectivity index (χ3v) is 6.68. The van der Waals surface area contributed by atoms with Gasteiger partial charge in [-0.2, -0.15) is 18.3 Å². The third-order valence-electron chi connectivity index (χ3n) is 6.68. The molecule has 0 aliphatic heterocycles. The molecule has 0 bridgehead atoms. The first-order valence-electron chi connectivity index (χ1n) is 13.5. The number of halogens is 4. The molecule has 0 aliphatic rings. The molecule has 0 radical (unpaired) electrons. The van der Waals surface area contributed by atoms with Gasteiger partial charge in [0.25, 0.3) is 0 Å². The van der Waals surface area contributed by atoms with Crippen molar-refractivity contribution in [3.05, 3.63) is 95.2 Å². The number of pyridine rings is 1. The van der Waals surface area contributed by atoms with Crippen LogP contribution in [0.3, 0.4) is 0 Å². The Bertz CT molecular complexity index is 1790. The van der Waals surface area contributed by atoms with Crippen LogP contribution in [0.15, 0.2) is 66.7 Å². The summed E-state index contributed by atoms with van der Waals surface area (Å²) in [6, 6.07) is 20.6. The highest BCUT2D eigenvalue weighted by Crippen LogP contribution is 2.38. The number of ether oxygens (including phenoxy) is 1. The van der Waals surface area contributed by atoms with Crippen LogP contribution in [-0.2, 0) is 18.3 Å². The number of alkyl halides is 3. The Kier molecular flexibility index (Phi) is 9.36. The smallest absolute Gasteiger partial charge is 0.490 e. The van der Waals surface area contributed by atoms with Crippen molar-refractivity contribution in [2.75, 3.05) is 18.1 Å². The fourth-order valence-electron chi connectivity index (χ4n) is 4.61. The lowest BCUT2D eigenvalue weighted by Crippen LogP contribution is -2.21. The van der Waals surface area contributed by atoms with Gasteiger partial charge in [0.15, 0.2) is 17.4 Å². The van der Waals surface area contributed by atoms with Gasteiger partial charge in [-0.1, -0.05) is 43.3 Å². The third kappa shape index (κ3) is 6.88. The fraction of sp³-hybridized carbons (Fsp3) is 0.226. The zero-order valence-corrected chi connectivity index (χ0v) is 24.1. The number of carbonyl (C=O) groups is 1. The van der Waals surface area contributed by atoms with E-state index in [4.69, 9.17) is 36.1 Å². The summed E-state index contributed by atoms with van der Waals surface area (Å²) in [5.41, 5.74) is 15.8. The standard InChI is InChI=1S/C29H29FN6O.C2HF3O2/c1-4-17-13-22(26(30)24(14-17)37-5-2)25(23-16-19-15-20(31)11-12-21(19)27(32)33-23)29-34-28(35-36(29)3)18-9-7-6-8-10-18;3-2(4,5)1(6)7/h6-16,25H,4-5,31H2,1-3H3,(H2,32,33);(H,6,7). The van der Waals surface area contributed by atoms with E-state index in [0.717, 1.165) is 21.9 Å². The number of hydrogen-bond acceptors (Lipinski definition) is 7. The van der Waals surface area contributed by atoms with Gasteiger partial charge in [0.05, 0.1) is 18.2 Å². The maximum Gasteiger partial charge on any atom is 0.490 e. The van der Waals surface area contributed by atoms with Gasteiger partial charge >= 0.3 is 12.1 Å². The molecule has 0 saturated carbocycles. The number of rotatable bonds is 7. The molecule has 2 aromatic heterocycles. The van der Waals surface area contributed by atoms with Gasteiger partial charge < -0.3 is 21.3 Å². The highest BCUT2D eigenvalue weighted by atomic mass is 19.4. The van der Waals surface area contributed by atoms with Crippen LogP contribution in [0.2, 0.25) is 0 Å². The number of aliphatic carboxylic acids is 1. The molecule has 13 heteroatoms. The van der Waals surface area contributed by atoms with Crippen LogP contribution in [-0.4, -0.2) is 43.6 Å². The molecule has 5 aromatic rings. The molecule has 9 nitrogen and oxygen atoms in total. The van der Waals surface area contributed by atoms with Gasteiger partial charge in [0, 0.05) is 29.2 Å². The summed E-state index contributed by atoms with van der Waals surface area (Å²) >= 11 is 0. The molecule has 0 fully saturated rings. The number of benzene rings is 3. The van der Waals surface area contributed by atoms with Crippen molar-refractivity contribution in [1.82, 2.24) is 19.7 Å². The Labute approximate surface area is 250 Å². The van der Waals surface area contributed by atoms with Crippen molar-refractivity contribution in [3.8, 4) is 17.1 Å². The van der Waals surface area contributed by atoms with E-state index in [1.54, 1.807) is 23.9 Å². The van der Waals surface area contributed by atoms with Gasteiger partial charge in [0.1, 0.15) is 11.6 Å². The number of aromatic nitrogens is 4. The number of aryl methyl sites for hydroxylation is 2. The van der Waals surface area contributed by atoms with Crippen molar-refractivity contribution < 1.29 is 32.2 Å². The van der Waals surface area contributed by atoms with E-state index in [9.17, 15) is 13.2 Å². The molecule has 0 amide bonds. The van der Waals surface area contributed by atoms with Crippen molar-refractivity contribution in [2.45, 2.75) is 32.4 Å². The average Bonchev–Trinajstić information content (AvgIpc) is 3.36. The lowest BCUT2D eigenvalue weighted by molar-refractivity contribution is -0.192. The Morgan fingerprint density at radius 2 is 1.70 bits per heavy atom. The van der Waals surface area contributed by atoms with Gasteiger partial charge in [-0.15, -0.1) is 0 Å². The predicted octanol–water partition coefficient (Wildman–Crippen LogP) is 6.11. The first kappa shape index (κ1) is 31.7. The number of anilines is 2. The second kappa shape index (κ2) is 13.0. The van der Waals surface area contributed by atoms with Crippen molar-refractivity contribution in [1.29, 1.82) is 0 Å². The molecule has 3 aromatic carbocycles. The molecule has 44 heavy (non-hydrogen) atoms. The van der Waals surface area contributed by atoms with E-state index in [1.165, 1.54) is 0 Å². The SMILES string of the molecule is CCOc1cc(CC)cc(C(c2cc3cc(N)ccc3c(N)n2)c2nc(-c3ccccc3)nn2C)c1F.O=C(O)C(F)(F)F. The minimum absolute atomic E-state index is 0.199. The normalized spacial score (nSPS) is 12.0. The fourth-order valence-corrected chi connectivity index (χ4v) is 4.61. The Hall–Kier alpha value is -5.20. The number of carboxylic acid groups (broad SMARTS) is 1. The molecule has 1 atom stereocenters. The number of nitrogens with two attached hydrogens (primary N) is 2. The van der Waals surface area contributed by atoms with Crippen LogP contribution in [0.4, 0.5) is 29.1 Å². The number of hydrogen-bond donors (Lipinski definition) is 3. The largest absolute Gasteiger partial charge is 0.491 e. The molecule has 1 unspecified atom stereocenters. The molecule has 5 rings (SSSR count). The Balaban J connectivity index is 0.000000566. The first-order chi connectivity index (χ1) is 20.8. The summed E-state index contributed by atoms with van der Waals surface area (Å²) in [5.74, 6) is -2.31. The number of nitrogen functional groups attached to an aromatic ring is 2. The maximum atomic E-state index is 16.1. The van der Waals surface area contributed by atoms with Crippen molar-refractivity contribution in [3.63, 3.8) is 0 Å². The highest BCUT2D eigenvalue weighted by molar-refractivity contribution is 5.93. The summed E-state index contributed by atoms with van der Waals surface area (Å²) in [6.07, 6.45) is -4.38. The number of fused-ring (bicyclic) bond motifs is 1. The maximum absolute atomic E-state index is 16.1. The van der Waals surface area contributed by atoms with E-state index in [2.05, 4.69) is 5.10 Å². The first-order valence-corrected chi connectivity index (χ1v) is 13.5. The Morgan fingerprint density at radius 3 is 2.32 bits per heavy atom. The minimum Gasteiger partial charge on any atom is -0.491 e. The molecular weight excluding hydrogens is 580 g/mol. The average molecular weight is 611 g/mol. The topological polar surface area (TPSA) is 142 Å². The van der Waals surface area contributed by atoms with E-state index < -0.39 is 23.9 Å². The molecule has 0 saturated heterocycles. The van der Waals surface area contributed by atoms with Crippen LogP contribution in [0.1, 0.15) is 42.4 Å². The van der Waals surface area contributed by atoms with E-state index in [0.29, 0.717) is 47.4 Å². The summed E-state index contributed by atoms with van der Waals surface area (Å²) in [5, 5.41) is 13.4. The molecule has 230 valence electrons. The van der Waals surface area contributed by atoms with Gasteiger partial charge in [0.2, 0.25) is 0 Å². The second-order valence-corrected chi connectivity index (χ2v) is 9.72.